The van der Waals surface area contributed by atoms with Gasteiger partial charge in [-0.25, -0.2) is 8.93 Å². The Morgan fingerprint density at radius 1 is 1.33 bits per heavy atom. The lowest BCUT2D eigenvalue weighted by atomic mass is 9.74. The van der Waals surface area contributed by atoms with Crippen LogP contribution in [0.4, 0.5) is 0 Å². The van der Waals surface area contributed by atoms with Gasteiger partial charge in [-0.1, -0.05) is 50.5 Å². The van der Waals surface area contributed by atoms with Gasteiger partial charge in [-0.05, 0) is 50.2 Å². The van der Waals surface area contributed by atoms with Crippen molar-refractivity contribution >= 4 is 11.0 Å². The van der Waals surface area contributed by atoms with Crippen molar-refractivity contribution in [1.82, 2.24) is 4.72 Å². The third-order valence-corrected chi connectivity index (χ3v) is 6.50. The van der Waals surface area contributed by atoms with Crippen LogP contribution >= 0.6 is 0 Å². The molecule has 1 unspecified atom stereocenters. The normalized spacial score (nSPS) is 19.0. The second kappa shape index (κ2) is 7.06. The molecular weight excluding hydrogens is 278 g/mol. The van der Waals surface area contributed by atoms with Gasteiger partial charge < -0.3 is 0 Å². The molecule has 0 heterocycles. The minimum atomic E-state index is -1.00. The van der Waals surface area contributed by atoms with Crippen molar-refractivity contribution in [3.8, 4) is 0 Å². The van der Waals surface area contributed by atoms with Crippen molar-refractivity contribution in [2.75, 3.05) is 0 Å². The molecule has 1 fully saturated rings. The van der Waals surface area contributed by atoms with E-state index in [2.05, 4.69) is 44.5 Å². The van der Waals surface area contributed by atoms with Gasteiger partial charge in [0.1, 0.15) is 0 Å². The molecule has 2 nitrogen and oxygen atoms in total. The van der Waals surface area contributed by atoms with E-state index in [-0.39, 0.29) is 4.75 Å². The van der Waals surface area contributed by atoms with E-state index in [1.807, 2.05) is 12.1 Å². The van der Waals surface area contributed by atoms with Gasteiger partial charge in [-0.15, -0.1) is 0 Å². The Morgan fingerprint density at radius 3 is 2.57 bits per heavy atom. The highest BCUT2D eigenvalue weighted by Gasteiger charge is 2.33. The fourth-order valence-electron chi connectivity index (χ4n) is 3.17. The molecule has 1 aromatic rings. The predicted octanol–water partition coefficient (Wildman–Crippen LogP) is 4.35. The third-order valence-electron chi connectivity index (χ3n) is 4.92. The van der Waals surface area contributed by atoms with Crippen LogP contribution in [0.5, 0.6) is 0 Å². The van der Waals surface area contributed by atoms with Crippen molar-refractivity contribution in [1.29, 1.82) is 0 Å². The molecule has 1 N–H and O–H groups in total. The van der Waals surface area contributed by atoms with Gasteiger partial charge in [-0.3, -0.25) is 0 Å². The molecule has 0 bridgehead atoms. The third kappa shape index (κ3) is 4.40. The fourth-order valence-corrected chi connectivity index (χ4v) is 4.27. The zero-order chi connectivity index (χ0) is 15.5. The second-order valence-corrected chi connectivity index (χ2v) is 9.08. The van der Waals surface area contributed by atoms with Crippen LogP contribution in [0, 0.1) is 18.8 Å². The molecule has 1 saturated carbocycles. The summed E-state index contributed by atoms with van der Waals surface area (Å²) >= 11 is 0. The van der Waals surface area contributed by atoms with Crippen molar-refractivity contribution < 1.29 is 4.21 Å². The van der Waals surface area contributed by atoms with Crippen LogP contribution in [-0.4, -0.2) is 8.96 Å². The summed E-state index contributed by atoms with van der Waals surface area (Å²) in [6, 6.07) is 8.28. The van der Waals surface area contributed by atoms with Crippen LogP contribution in [0.3, 0.4) is 0 Å². The maximum absolute atomic E-state index is 12.6. The van der Waals surface area contributed by atoms with E-state index in [1.54, 1.807) is 0 Å². The van der Waals surface area contributed by atoms with Crippen molar-refractivity contribution in [3.63, 3.8) is 0 Å². The lowest BCUT2D eigenvalue weighted by Crippen LogP contribution is -2.39. The summed E-state index contributed by atoms with van der Waals surface area (Å²) < 4.78 is 15.7. The van der Waals surface area contributed by atoms with Crippen LogP contribution < -0.4 is 4.72 Å². The molecule has 0 radical (unpaired) electrons. The molecule has 0 saturated heterocycles. The van der Waals surface area contributed by atoms with E-state index in [0.29, 0.717) is 12.5 Å². The molecule has 0 spiro atoms. The zero-order valence-electron chi connectivity index (χ0n) is 13.8. The monoisotopic (exact) mass is 307 g/mol. The first kappa shape index (κ1) is 16.7. The summed E-state index contributed by atoms with van der Waals surface area (Å²) in [5.41, 5.74) is 2.48. The molecule has 2 atom stereocenters. The Labute approximate surface area is 132 Å². The molecule has 3 heteroatoms. The Hall–Kier alpha value is -0.670. The van der Waals surface area contributed by atoms with Gasteiger partial charge >= 0.3 is 0 Å². The first-order valence-corrected chi connectivity index (χ1v) is 9.25. The quantitative estimate of drug-likeness (QED) is 0.797. The largest absolute Gasteiger partial charge is 0.242 e. The Morgan fingerprint density at radius 2 is 2.00 bits per heavy atom. The first-order valence-electron chi connectivity index (χ1n) is 8.10. The second-order valence-electron chi connectivity index (χ2n) is 7.15. The molecule has 1 aliphatic rings. The maximum atomic E-state index is 12.6. The highest BCUT2D eigenvalue weighted by molar-refractivity contribution is 7.84. The lowest BCUT2D eigenvalue weighted by Gasteiger charge is -2.36. The molecule has 1 aromatic carbocycles. The SMILES string of the molecule is Cc1ccccc1CNS(=O)C(C)(C)C[C@H](C)C1CCC1. The van der Waals surface area contributed by atoms with E-state index in [4.69, 9.17) is 0 Å². The molecule has 118 valence electrons. The fraction of sp³-hybridized carbons (Fsp3) is 0.667. The van der Waals surface area contributed by atoms with E-state index in [0.717, 1.165) is 12.3 Å². The molecular formula is C18H29NOS. The van der Waals surface area contributed by atoms with E-state index in [9.17, 15) is 4.21 Å². The Bertz CT molecular complexity index is 494. The molecule has 0 amide bonds. The van der Waals surface area contributed by atoms with Gasteiger partial charge in [0.15, 0.2) is 0 Å². The first-order chi connectivity index (χ1) is 9.90. The van der Waals surface area contributed by atoms with E-state index >= 15 is 0 Å². The van der Waals surface area contributed by atoms with Gasteiger partial charge in [0.2, 0.25) is 0 Å². The van der Waals surface area contributed by atoms with Crippen LogP contribution in [0.15, 0.2) is 24.3 Å². The summed E-state index contributed by atoms with van der Waals surface area (Å²) in [4.78, 5) is 0. The van der Waals surface area contributed by atoms with Gasteiger partial charge in [0.05, 0.1) is 15.7 Å². The average Bonchev–Trinajstić information content (AvgIpc) is 2.34. The smallest absolute Gasteiger partial charge is 0.0976 e. The molecule has 0 aliphatic heterocycles. The standard InChI is InChI=1S/C18H29NOS/c1-14-8-5-6-9-17(14)13-19-21(20)18(3,4)12-15(2)16-10-7-11-16/h5-6,8-9,15-16,19H,7,10-13H2,1-4H3/t15-,21?/m0/s1. The number of hydrogen-bond acceptors (Lipinski definition) is 1. The lowest BCUT2D eigenvalue weighted by molar-refractivity contribution is 0.200. The predicted molar refractivity (Wildman–Crippen MR) is 91.4 cm³/mol. The summed E-state index contributed by atoms with van der Waals surface area (Å²) in [6.45, 7) is 9.36. The van der Waals surface area contributed by atoms with E-state index in [1.165, 1.54) is 30.4 Å². The topological polar surface area (TPSA) is 29.1 Å². The summed E-state index contributed by atoms with van der Waals surface area (Å²) in [6.07, 6.45) is 5.14. The number of benzene rings is 1. The number of nitrogens with one attached hydrogen (secondary N) is 1. The van der Waals surface area contributed by atoms with Gasteiger partial charge in [-0.2, -0.15) is 0 Å². The summed E-state index contributed by atoms with van der Waals surface area (Å²) in [5.74, 6) is 1.54. The molecule has 21 heavy (non-hydrogen) atoms. The highest BCUT2D eigenvalue weighted by Crippen LogP contribution is 2.38. The van der Waals surface area contributed by atoms with Crippen LogP contribution in [0.25, 0.3) is 0 Å². The Kier molecular flexibility index (Phi) is 5.61. The van der Waals surface area contributed by atoms with Gasteiger partial charge in [0, 0.05) is 6.54 Å². The number of aryl methyl sites for hydroxylation is 1. The number of rotatable bonds is 7. The molecule has 1 aliphatic carbocycles. The molecule has 2 rings (SSSR count). The summed E-state index contributed by atoms with van der Waals surface area (Å²) in [5, 5.41) is 0. The average molecular weight is 308 g/mol. The minimum absolute atomic E-state index is 0.169. The molecule has 0 aromatic heterocycles. The summed E-state index contributed by atoms with van der Waals surface area (Å²) in [7, 11) is -1.00. The maximum Gasteiger partial charge on any atom is 0.0976 e. The van der Waals surface area contributed by atoms with E-state index < -0.39 is 11.0 Å². The highest BCUT2D eigenvalue weighted by atomic mass is 32.2. The van der Waals surface area contributed by atoms with Crippen LogP contribution in [-0.2, 0) is 17.5 Å². The van der Waals surface area contributed by atoms with Gasteiger partial charge in [0.25, 0.3) is 0 Å². The van der Waals surface area contributed by atoms with Crippen LogP contribution in [0.1, 0.15) is 57.6 Å². The van der Waals surface area contributed by atoms with Crippen LogP contribution in [0.2, 0.25) is 0 Å². The number of hydrogen-bond donors (Lipinski definition) is 1. The zero-order valence-corrected chi connectivity index (χ0v) is 14.6. The van der Waals surface area contributed by atoms with Crippen molar-refractivity contribution in [3.05, 3.63) is 35.4 Å². The van der Waals surface area contributed by atoms with Crippen molar-refractivity contribution in [2.24, 2.45) is 11.8 Å². The van der Waals surface area contributed by atoms with Crippen molar-refractivity contribution in [2.45, 2.75) is 64.7 Å². The Balaban J connectivity index is 1.87. The minimum Gasteiger partial charge on any atom is -0.242 e.